The largest absolute Gasteiger partial charge is 0.453 e. The van der Waals surface area contributed by atoms with Gasteiger partial charge in [0.25, 0.3) is 0 Å². The first kappa shape index (κ1) is 12.7. The average molecular weight is 249 g/mol. The first-order chi connectivity index (χ1) is 8.69. The van der Waals surface area contributed by atoms with E-state index in [1.807, 2.05) is 6.07 Å². The number of aromatic nitrogens is 1. The van der Waals surface area contributed by atoms with Crippen molar-refractivity contribution in [2.45, 2.75) is 19.8 Å². The Bertz CT molecular complexity index is 405. The molecule has 0 saturated carbocycles. The van der Waals surface area contributed by atoms with Gasteiger partial charge in [-0.3, -0.25) is 5.32 Å². The topological polar surface area (TPSA) is 54.5 Å². The first-order valence-electron chi connectivity index (χ1n) is 6.25. The molecule has 1 N–H and O–H groups in total. The van der Waals surface area contributed by atoms with Crippen molar-refractivity contribution in [1.82, 2.24) is 4.98 Å². The van der Waals surface area contributed by atoms with E-state index in [-0.39, 0.29) is 0 Å². The number of ether oxygens (including phenoxy) is 1. The van der Waals surface area contributed by atoms with Gasteiger partial charge < -0.3 is 9.64 Å². The quantitative estimate of drug-likeness (QED) is 0.875. The molecule has 1 fully saturated rings. The fourth-order valence-electron chi connectivity index (χ4n) is 2.23. The molecule has 1 aliphatic heterocycles. The summed E-state index contributed by atoms with van der Waals surface area (Å²) in [5.41, 5.74) is 1.11. The number of methoxy groups -OCH3 is 1. The van der Waals surface area contributed by atoms with Crippen LogP contribution >= 0.6 is 0 Å². The summed E-state index contributed by atoms with van der Waals surface area (Å²) in [5.74, 6) is 1.24. The van der Waals surface area contributed by atoms with Gasteiger partial charge in [-0.05, 0) is 30.9 Å². The summed E-state index contributed by atoms with van der Waals surface area (Å²) in [6.45, 7) is 4.42. The Morgan fingerprint density at radius 1 is 1.56 bits per heavy atom. The van der Waals surface area contributed by atoms with Crippen LogP contribution in [0.4, 0.5) is 16.3 Å². The van der Waals surface area contributed by atoms with E-state index < -0.39 is 6.09 Å². The Morgan fingerprint density at radius 3 is 3.00 bits per heavy atom. The molecule has 1 aromatic rings. The number of nitrogens with zero attached hydrogens (tertiary/aromatic N) is 2. The van der Waals surface area contributed by atoms with Crippen LogP contribution in [-0.4, -0.2) is 31.3 Å². The zero-order valence-electron chi connectivity index (χ0n) is 10.8. The van der Waals surface area contributed by atoms with Crippen molar-refractivity contribution >= 4 is 17.6 Å². The standard InChI is InChI=1S/C13H19N3O2/c1-10-4-3-7-16(9-10)11-5-6-12(14-8-11)15-13(17)18-2/h5-6,8,10H,3-4,7,9H2,1-2H3,(H,14,15,17). The smallest absolute Gasteiger partial charge is 0.412 e. The Balaban J connectivity index is 2.00. The SMILES string of the molecule is COC(=O)Nc1ccc(N2CCCC(C)C2)cn1. The average Bonchev–Trinajstić information content (AvgIpc) is 2.39. The zero-order chi connectivity index (χ0) is 13.0. The van der Waals surface area contributed by atoms with E-state index in [4.69, 9.17) is 0 Å². The van der Waals surface area contributed by atoms with Crippen LogP contribution in [0.15, 0.2) is 18.3 Å². The number of rotatable bonds is 2. The highest BCUT2D eigenvalue weighted by atomic mass is 16.5. The number of pyridine rings is 1. The molecular formula is C13H19N3O2. The van der Waals surface area contributed by atoms with Gasteiger partial charge in [-0.15, -0.1) is 0 Å². The molecule has 5 heteroatoms. The fraction of sp³-hybridized carbons (Fsp3) is 0.538. The van der Waals surface area contributed by atoms with E-state index in [1.54, 1.807) is 12.3 Å². The van der Waals surface area contributed by atoms with Crippen molar-refractivity contribution in [3.8, 4) is 0 Å². The molecule has 2 heterocycles. The minimum absolute atomic E-state index is 0.498. The Hall–Kier alpha value is -1.78. The lowest BCUT2D eigenvalue weighted by molar-refractivity contribution is 0.187. The van der Waals surface area contributed by atoms with Gasteiger partial charge in [-0.1, -0.05) is 6.92 Å². The number of anilines is 2. The van der Waals surface area contributed by atoms with Gasteiger partial charge in [-0.2, -0.15) is 0 Å². The number of piperidine rings is 1. The van der Waals surface area contributed by atoms with Crippen molar-refractivity contribution in [2.75, 3.05) is 30.4 Å². The van der Waals surface area contributed by atoms with Crippen LogP contribution < -0.4 is 10.2 Å². The Morgan fingerprint density at radius 2 is 2.39 bits per heavy atom. The van der Waals surface area contributed by atoms with Crippen LogP contribution in [0.5, 0.6) is 0 Å². The third-order valence-corrected chi connectivity index (χ3v) is 3.19. The Labute approximate surface area is 107 Å². The molecule has 18 heavy (non-hydrogen) atoms. The second kappa shape index (κ2) is 5.71. The predicted octanol–water partition coefficient (Wildman–Crippen LogP) is 2.50. The zero-order valence-corrected chi connectivity index (χ0v) is 10.8. The maximum atomic E-state index is 11.0. The van der Waals surface area contributed by atoms with Crippen molar-refractivity contribution in [1.29, 1.82) is 0 Å². The summed E-state index contributed by atoms with van der Waals surface area (Å²) in [7, 11) is 1.33. The summed E-state index contributed by atoms with van der Waals surface area (Å²) in [4.78, 5) is 17.6. The molecule has 0 spiro atoms. The molecule has 2 rings (SSSR count). The highest BCUT2D eigenvalue weighted by Crippen LogP contribution is 2.22. The van der Waals surface area contributed by atoms with E-state index in [0.29, 0.717) is 5.82 Å². The maximum Gasteiger partial charge on any atom is 0.412 e. The number of hydrogen-bond acceptors (Lipinski definition) is 4. The van der Waals surface area contributed by atoms with Crippen molar-refractivity contribution in [3.05, 3.63) is 18.3 Å². The monoisotopic (exact) mass is 249 g/mol. The van der Waals surface area contributed by atoms with E-state index in [2.05, 4.69) is 26.9 Å². The summed E-state index contributed by atoms with van der Waals surface area (Å²) >= 11 is 0. The molecule has 0 radical (unpaired) electrons. The van der Waals surface area contributed by atoms with Crippen LogP contribution in [0.25, 0.3) is 0 Å². The fourth-order valence-corrected chi connectivity index (χ4v) is 2.23. The van der Waals surface area contributed by atoms with Gasteiger partial charge in [-0.25, -0.2) is 9.78 Å². The van der Waals surface area contributed by atoms with Crippen LogP contribution in [0.1, 0.15) is 19.8 Å². The third kappa shape index (κ3) is 3.12. The van der Waals surface area contributed by atoms with Crippen LogP contribution in [-0.2, 0) is 4.74 Å². The van der Waals surface area contributed by atoms with Gasteiger partial charge in [0, 0.05) is 13.1 Å². The second-order valence-electron chi connectivity index (χ2n) is 4.71. The summed E-state index contributed by atoms with van der Waals surface area (Å²) in [6.07, 6.45) is 3.82. The van der Waals surface area contributed by atoms with E-state index in [9.17, 15) is 4.79 Å². The van der Waals surface area contributed by atoms with E-state index in [0.717, 1.165) is 24.7 Å². The lowest BCUT2D eigenvalue weighted by Gasteiger charge is -2.32. The first-order valence-corrected chi connectivity index (χ1v) is 6.25. The highest BCUT2D eigenvalue weighted by molar-refractivity contribution is 5.83. The van der Waals surface area contributed by atoms with E-state index in [1.165, 1.54) is 20.0 Å². The summed E-state index contributed by atoms with van der Waals surface area (Å²) in [6, 6.07) is 3.78. The van der Waals surface area contributed by atoms with Gasteiger partial charge in [0.2, 0.25) is 0 Å². The molecule has 0 aliphatic carbocycles. The molecule has 1 atom stereocenters. The molecule has 1 aliphatic rings. The molecule has 98 valence electrons. The minimum Gasteiger partial charge on any atom is -0.453 e. The van der Waals surface area contributed by atoms with Crippen molar-refractivity contribution < 1.29 is 9.53 Å². The van der Waals surface area contributed by atoms with Crippen LogP contribution in [0.3, 0.4) is 0 Å². The number of hydrogen-bond donors (Lipinski definition) is 1. The van der Waals surface area contributed by atoms with Gasteiger partial charge >= 0.3 is 6.09 Å². The molecule has 1 aromatic heterocycles. The summed E-state index contributed by atoms with van der Waals surface area (Å²) < 4.78 is 4.51. The predicted molar refractivity (Wildman–Crippen MR) is 70.9 cm³/mol. The molecule has 5 nitrogen and oxygen atoms in total. The molecule has 1 amide bonds. The van der Waals surface area contributed by atoms with Gasteiger partial charge in [0.15, 0.2) is 0 Å². The third-order valence-electron chi connectivity index (χ3n) is 3.19. The normalized spacial score (nSPS) is 19.4. The molecular weight excluding hydrogens is 230 g/mol. The lowest BCUT2D eigenvalue weighted by atomic mass is 10.00. The maximum absolute atomic E-state index is 11.0. The molecule has 0 bridgehead atoms. The lowest BCUT2D eigenvalue weighted by Crippen LogP contribution is -2.34. The highest BCUT2D eigenvalue weighted by Gasteiger charge is 2.16. The molecule has 1 unspecified atom stereocenters. The molecule has 1 saturated heterocycles. The van der Waals surface area contributed by atoms with E-state index >= 15 is 0 Å². The number of carbonyl (C=O) groups is 1. The number of nitrogens with one attached hydrogen (secondary N) is 1. The van der Waals surface area contributed by atoms with Crippen LogP contribution in [0.2, 0.25) is 0 Å². The number of carbonyl (C=O) groups excluding carboxylic acids is 1. The molecule has 0 aromatic carbocycles. The van der Waals surface area contributed by atoms with Crippen molar-refractivity contribution in [2.24, 2.45) is 5.92 Å². The van der Waals surface area contributed by atoms with Gasteiger partial charge in [0.1, 0.15) is 5.82 Å². The summed E-state index contributed by atoms with van der Waals surface area (Å²) in [5, 5.41) is 2.54. The second-order valence-corrected chi connectivity index (χ2v) is 4.71. The van der Waals surface area contributed by atoms with Gasteiger partial charge in [0.05, 0.1) is 19.0 Å². The number of amides is 1. The van der Waals surface area contributed by atoms with Crippen LogP contribution in [0, 0.1) is 5.92 Å². The minimum atomic E-state index is -0.498. The Kier molecular flexibility index (Phi) is 4.02. The van der Waals surface area contributed by atoms with Crippen molar-refractivity contribution in [3.63, 3.8) is 0 Å².